The zero-order valence-corrected chi connectivity index (χ0v) is 21.5. The van der Waals surface area contributed by atoms with Crippen molar-refractivity contribution in [2.24, 2.45) is 0 Å². The molecular weight excluding hydrogens is 464 g/mol. The van der Waals surface area contributed by atoms with Crippen molar-refractivity contribution in [3.63, 3.8) is 0 Å². The van der Waals surface area contributed by atoms with Gasteiger partial charge < -0.3 is 4.90 Å². The summed E-state index contributed by atoms with van der Waals surface area (Å²) in [6.45, 7) is 4.58. The number of rotatable bonds is 4. The number of fused-ring (bicyclic) bond motifs is 4. The van der Waals surface area contributed by atoms with E-state index in [9.17, 15) is 0 Å². The number of imidazole rings is 1. The molecule has 184 valence electrons. The summed E-state index contributed by atoms with van der Waals surface area (Å²) in [5, 5.41) is 0. The van der Waals surface area contributed by atoms with E-state index < -0.39 is 0 Å². The Morgan fingerprint density at radius 1 is 0.605 bits per heavy atom. The van der Waals surface area contributed by atoms with Crippen LogP contribution in [0.3, 0.4) is 0 Å². The van der Waals surface area contributed by atoms with Gasteiger partial charge in [0.25, 0.3) is 0 Å². The first kappa shape index (κ1) is 22.4. The third-order valence-electron chi connectivity index (χ3n) is 7.48. The van der Waals surface area contributed by atoms with E-state index in [2.05, 4.69) is 162 Å². The number of hydrogen-bond acceptors (Lipinski definition) is 3. The molecule has 1 aliphatic rings. The summed E-state index contributed by atoms with van der Waals surface area (Å²) in [6, 6.07) is 46.9. The number of nitrogens with zero attached hydrogens (tertiary/aromatic N) is 4. The summed E-state index contributed by atoms with van der Waals surface area (Å²) in [6.07, 6.45) is 0. The Labute approximate surface area is 223 Å². The fourth-order valence-electron chi connectivity index (χ4n) is 5.74. The van der Waals surface area contributed by atoms with Gasteiger partial charge in [-0.05, 0) is 74.5 Å². The van der Waals surface area contributed by atoms with Gasteiger partial charge in [-0.1, -0.05) is 72.8 Å². The van der Waals surface area contributed by atoms with Gasteiger partial charge in [0.1, 0.15) is 0 Å². The van der Waals surface area contributed by atoms with Gasteiger partial charge in [0.15, 0.2) is 0 Å². The first-order chi connectivity index (χ1) is 18.6. The molecule has 0 bridgehead atoms. The molecule has 0 saturated carbocycles. The average molecular weight is 493 g/mol. The molecule has 0 amide bonds. The van der Waals surface area contributed by atoms with E-state index in [4.69, 9.17) is 4.98 Å². The van der Waals surface area contributed by atoms with Crippen molar-refractivity contribution in [3.8, 4) is 0 Å². The second-order valence-electron chi connectivity index (χ2n) is 10.2. The highest BCUT2D eigenvalue weighted by Gasteiger charge is 2.39. The van der Waals surface area contributed by atoms with Gasteiger partial charge in [-0.2, -0.15) is 0 Å². The topological polar surface area (TPSA) is 24.3 Å². The Morgan fingerprint density at radius 3 is 1.84 bits per heavy atom. The van der Waals surface area contributed by atoms with Gasteiger partial charge in [-0.3, -0.25) is 9.47 Å². The third kappa shape index (κ3) is 3.41. The minimum absolute atomic E-state index is 0.297. The molecule has 0 fully saturated rings. The highest BCUT2D eigenvalue weighted by Crippen LogP contribution is 2.51. The number of anilines is 6. The smallest absolute Gasteiger partial charge is 0.216 e. The molecule has 0 radical (unpaired) electrons. The Morgan fingerprint density at radius 2 is 1.18 bits per heavy atom. The molecule has 6 aromatic rings. The van der Waals surface area contributed by atoms with Crippen LogP contribution in [0.25, 0.3) is 11.0 Å². The van der Waals surface area contributed by atoms with E-state index in [1.807, 2.05) is 0 Å². The van der Waals surface area contributed by atoms with Crippen LogP contribution in [0.4, 0.5) is 34.4 Å². The van der Waals surface area contributed by atoms with Crippen molar-refractivity contribution in [2.45, 2.75) is 19.4 Å². The lowest BCUT2D eigenvalue weighted by atomic mass is 9.89. The highest BCUT2D eigenvalue weighted by molar-refractivity contribution is 5.89. The molecule has 0 unspecified atom stereocenters. The molecule has 5 aromatic carbocycles. The number of para-hydroxylation sites is 5. The van der Waals surface area contributed by atoms with Crippen molar-refractivity contribution in [1.82, 2.24) is 9.55 Å². The van der Waals surface area contributed by atoms with Gasteiger partial charge in [-0.15, -0.1) is 0 Å². The first-order valence-corrected chi connectivity index (χ1v) is 13.0. The van der Waals surface area contributed by atoms with E-state index >= 15 is 0 Å². The van der Waals surface area contributed by atoms with Crippen LogP contribution in [0.2, 0.25) is 0 Å². The van der Waals surface area contributed by atoms with Crippen LogP contribution < -0.4 is 9.80 Å². The first-order valence-electron chi connectivity index (χ1n) is 13.0. The summed E-state index contributed by atoms with van der Waals surface area (Å²) in [5.41, 5.74) is 8.65. The maximum Gasteiger partial charge on any atom is 0.216 e. The predicted molar refractivity (Wildman–Crippen MR) is 158 cm³/mol. The standard InChI is InChI=1S/C34H28N4/c1-34(2)29-23-22-28(36(25-14-6-3-7-15-25)26-16-8-4-9-17-26)24-32(29)37(27-18-10-5-11-19-27)33-35-30-20-12-13-21-31(30)38(33)34/h3-24H,1-2H3. The van der Waals surface area contributed by atoms with Crippen LogP contribution in [0, 0.1) is 0 Å². The lowest BCUT2D eigenvalue weighted by Gasteiger charge is -2.42. The summed E-state index contributed by atoms with van der Waals surface area (Å²) in [7, 11) is 0. The average Bonchev–Trinajstić information content (AvgIpc) is 3.35. The Balaban J connectivity index is 1.50. The molecule has 1 aliphatic heterocycles. The SMILES string of the molecule is CC1(C)c2ccc(N(c3ccccc3)c3ccccc3)cc2N(c2ccccc2)c2nc3ccccc3n21. The Hall–Kier alpha value is -4.83. The Bertz CT molecular complexity index is 1700. The van der Waals surface area contributed by atoms with Crippen molar-refractivity contribution in [1.29, 1.82) is 0 Å². The van der Waals surface area contributed by atoms with Crippen molar-refractivity contribution < 1.29 is 0 Å². The van der Waals surface area contributed by atoms with E-state index in [1.165, 1.54) is 5.56 Å². The normalized spacial score (nSPS) is 13.7. The number of benzene rings is 5. The summed E-state index contributed by atoms with van der Waals surface area (Å²) in [5.74, 6) is 0.929. The monoisotopic (exact) mass is 492 g/mol. The van der Waals surface area contributed by atoms with E-state index in [0.29, 0.717) is 0 Å². The van der Waals surface area contributed by atoms with Crippen molar-refractivity contribution >= 4 is 45.4 Å². The van der Waals surface area contributed by atoms with Gasteiger partial charge >= 0.3 is 0 Å². The molecule has 0 saturated heterocycles. The van der Waals surface area contributed by atoms with Crippen LogP contribution in [0.5, 0.6) is 0 Å². The third-order valence-corrected chi connectivity index (χ3v) is 7.48. The zero-order valence-electron chi connectivity index (χ0n) is 21.5. The second-order valence-corrected chi connectivity index (χ2v) is 10.2. The molecule has 38 heavy (non-hydrogen) atoms. The van der Waals surface area contributed by atoms with E-state index in [1.54, 1.807) is 0 Å². The molecule has 0 spiro atoms. The quantitative estimate of drug-likeness (QED) is 0.245. The van der Waals surface area contributed by atoms with E-state index in [0.717, 1.165) is 45.4 Å². The molecule has 4 nitrogen and oxygen atoms in total. The number of aromatic nitrogens is 2. The van der Waals surface area contributed by atoms with Crippen LogP contribution >= 0.6 is 0 Å². The molecule has 4 heteroatoms. The second kappa shape index (κ2) is 8.63. The van der Waals surface area contributed by atoms with Crippen LogP contribution in [-0.4, -0.2) is 9.55 Å². The summed E-state index contributed by atoms with van der Waals surface area (Å²) >= 11 is 0. The maximum atomic E-state index is 5.17. The lowest BCUT2D eigenvalue weighted by molar-refractivity contribution is 0.442. The number of hydrogen-bond donors (Lipinski definition) is 0. The van der Waals surface area contributed by atoms with Crippen LogP contribution in [0.1, 0.15) is 19.4 Å². The molecule has 7 rings (SSSR count). The largest absolute Gasteiger partial charge is 0.310 e. The van der Waals surface area contributed by atoms with E-state index in [-0.39, 0.29) is 5.54 Å². The predicted octanol–water partition coefficient (Wildman–Crippen LogP) is 9.07. The summed E-state index contributed by atoms with van der Waals surface area (Å²) in [4.78, 5) is 9.79. The van der Waals surface area contributed by atoms with Crippen molar-refractivity contribution in [3.05, 3.63) is 139 Å². The molecular formula is C34H28N4. The highest BCUT2D eigenvalue weighted by atomic mass is 15.4. The van der Waals surface area contributed by atoms with Gasteiger partial charge in [0, 0.05) is 28.3 Å². The summed E-state index contributed by atoms with van der Waals surface area (Å²) < 4.78 is 2.38. The molecule has 0 aliphatic carbocycles. The minimum Gasteiger partial charge on any atom is -0.310 e. The fraction of sp³-hybridized carbons (Fsp3) is 0.0882. The van der Waals surface area contributed by atoms with Crippen LogP contribution in [0.15, 0.2) is 133 Å². The Kier molecular flexibility index (Phi) is 5.08. The fourth-order valence-corrected chi connectivity index (χ4v) is 5.74. The molecule has 0 atom stereocenters. The van der Waals surface area contributed by atoms with Gasteiger partial charge in [0.05, 0.1) is 22.3 Å². The van der Waals surface area contributed by atoms with Gasteiger partial charge in [-0.25, -0.2) is 4.98 Å². The van der Waals surface area contributed by atoms with Gasteiger partial charge in [0.2, 0.25) is 5.95 Å². The lowest BCUT2D eigenvalue weighted by Crippen LogP contribution is -2.37. The maximum absolute atomic E-state index is 5.17. The zero-order chi connectivity index (χ0) is 25.7. The van der Waals surface area contributed by atoms with Crippen LogP contribution in [-0.2, 0) is 5.54 Å². The molecule has 2 heterocycles. The minimum atomic E-state index is -0.297. The van der Waals surface area contributed by atoms with Crippen molar-refractivity contribution in [2.75, 3.05) is 9.80 Å². The molecule has 0 N–H and O–H groups in total. The molecule has 1 aromatic heterocycles.